The highest BCUT2D eigenvalue weighted by atomic mass is 16.5. The first-order chi connectivity index (χ1) is 10.4. The number of nitrogens with zero attached hydrogens (tertiary/aromatic N) is 2. The number of hydrogen-bond acceptors (Lipinski definition) is 3. The molecule has 21 heavy (non-hydrogen) atoms. The van der Waals surface area contributed by atoms with Gasteiger partial charge in [0, 0.05) is 44.4 Å². The molecule has 0 bridgehead atoms. The van der Waals surface area contributed by atoms with Crippen molar-refractivity contribution >= 4 is 0 Å². The van der Waals surface area contributed by atoms with Crippen molar-refractivity contribution in [1.82, 2.24) is 14.9 Å². The first kappa shape index (κ1) is 12.9. The summed E-state index contributed by atoms with van der Waals surface area (Å²) in [5.74, 6) is 2.86. The molecule has 110 valence electrons. The minimum absolute atomic E-state index is 0.548. The maximum absolute atomic E-state index is 5.55. The van der Waals surface area contributed by atoms with E-state index in [0.29, 0.717) is 5.92 Å². The van der Waals surface area contributed by atoms with Crippen LogP contribution in [0.5, 0.6) is 5.75 Å². The molecule has 0 radical (unpaired) electrons. The number of aromatic nitrogens is 2. The molecule has 2 aliphatic rings. The molecule has 1 aromatic carbocycles. The number of benzene rings is 1. The summed E-state index contributed by atoms with van der Waals surface area (Å²) in [7, 11) is 0. The van der Waals surface area contributed by atoms with Gasteiger partial charge >= 0.3 is 0 Å². The maximum atomic E-state index is 5.55. The Morgan fingerprint density at radius 2 is 2.38 bits per heavy atom. The Bertz CT molecular complexity index is 635. The van der Waals surface area contributed by atoms with Gasteiger partial charge < -0.3 is 14.6 Å². The van der Waals surface area contributed by atoms with Crippen molar-refractivity contribution in [3.8, 4) is 5.75 Å². The molecule has 0 amide bonds. The SMILES string of the molecule is c1cn2c(n1)[C@H](CNCc1ccc3c(c1)CCO3)CCC2. The van der Waals surface area contributed by atoms with Gasteiger partial charge in [-0.3, -0.25) is 0 Å². The average Bonchev–Trinajstić information content (AvgIpc) is 3.15. The molecular weight excluding hydrogens is 262 g/mol. The fourth-order valence-corrected chi connectivity index (χ4v) is 3.44. The van der Waals surface area contributed by atoms with Crippen molar-refractivity contribution in [2.45, 2.75) is 38.3 Å². The fourth-order valence-electron chi connectivity index (χ4n) is 3.44. The summed E-state index contributed by atoms with van der Waals surface area (Å²) in [6.45, 7) is 3.88. The zero-order chi connectivity index (χ0) is 14.1. The molecular formula is C17H21N3O. The van der Waals surface area contributed by atoms with E-state index in [2.05, 4.69) is 39.3 Å². The van der Waals surface area contributed by atoms with Crippen LogP contribution in [0, 0.1) is 0 Å². The van der Waals surface area contributed by atoms with E-state index in [1.807, 2.05) is 6.20 Å². The first-order valence-corrected chi connectivity index (χ1v) is 7.86. The summed E-state index contributed by atoms with van der Waals surface area (Å²) in [6, 6.07) is 6.54. The Kier molecular flexibility index (Phi) is 3.39. The van der Waals surface area contributed by atoms with Crippen LogP contribution in [0.2, 0.25) is 0 Å². The molecule has 2 aliphatic heterocycles. The second-order valence-electron chi connectivity index (χ2n) is 5.99. The Hall–Kier alpha value is -1.81. The van der Waals surface area contributed by atoms with E-state index in [9.17, 15) is 0 Å². The van der Waals surface area contributed by atoms with E-state index in [-0.39, 0.29) is 0 Å². The molecule has 0 fully saturated rings. The highest BCUT2D eigenvalue weighted by Gasteiger charge is 2.20. The van der Waals surface area contributed by atoms with Crippen LogP contribution >= 0.6 is 0 Å². The van der Waals surface area contributed by atoms with Gasteiger partial charge in [0.1, 0.15) is 11.6 Å². The summed E-state index contributed by atoms with van der Waals surface area (Å²) >= 11 is 0. The Morgan fingerprint density at radius 3 is 3.38 bits per heavy atom. The van der Waals surface area contributed by atoms with E-state index in [4.69, 9.17) is 4.74 Å². The maximum Gasteiger partial charge on any atom is 0.122 e. The standard InChI is InChI=1S/C17H21N3O/c1-2-15(17-19-6-8-20(17)7-1)12-18-11-13-3-4-16-14(10-13)5-9-21-16/h3-4,6,8,10,15,18H,1-2,5,7,9,11-12H2/t15-/m0/s1. The van der Waals surface area contributed by atoms with Gasteiger partial charge in [-0.15, -0.1) is 0 Å². The van der Waals surface area contributed by atoms with Gasteiger partial charge in [0.15, 0.2) is 0 Å². The highest BCUT2D eigenvalue weighted by Crippen LogP contribution is 2.27. The number of ether oxygens (including phenoxy) is 1. The lowest BCUT2D eigenvalue weighted by Gasteiger charge is -2.23. The molecule has 0 unspecified atom stereocenters. The molecule has 2 aromatic rings. The Morgan fingerprint density at radius 1 is 1.38 bits per heavy atom. The summed E-state index contributed by atoms with van der Waals surface area (Å²) in [5.41, 5.74) is 2.70. The van der Waals surface area contributed by atoms with Crippen LogP contribution in [0.15, 0.2) is 30.6 Å². The molecule has 0 spiro atoms. The number of nitrogens with one attached hydrogen (secondary N) is 1. The fraction of sp³-hybridized carbons (Fsp3) is 0.471. The van der Waals surface area contributed by atoms with Crippen molar-refractivity contribution in [1.29, 1.82) is 0 Å². The van der Waals surface area contributed by atoms with Gasteiger partial charge in [-0.2, -0.15) is 0 Å². The van der Waals surface area contributed by atoms with Crippen LogP contribution in [0.1, 0.15) is 35.7 Å². The van der Waals surface area contributed by atoms with E-state index in [1.165, 1.54) is 29.8 Å². The number of hydrogen-bond donors (Lipinski definition) is 1. The molecule has 4 rings (SSSR count). The third-order valence-corrected chi connectivity index (χ3v) is 4.54. The first-order valence-electron chi connectivity index (χ1n) is 7.86. The molecule has 1 N–H and O–H groups in total. The van der Waals surface area contributed by atoms with E-state index in [0.717, 1.165) is 38.4 Å². The predicted octanol–water partition coefficient (Wildman–Crippen LogP) is 2.49. The number of fused-ring (bicyclic) bond motifs is 2. The molecule has 1 aromatic heterocycles. The third kappa shape index (κ3) is 2.56. The second-order valence-corrected chi connectivity index (χ2v) is 5.99. The topological polar surface area (TPSA) is 39.1 Å². The monoisotopic (exact) mass is 283 g/mol. The van der Waals surface area contributed by atoms with Crippen LogP contribution in [0.4, 0.5) is 0 Å². The van der Waals surface area contributed by atoms with Crippen LogP contribution in [0.3, 0.4) is 0 Å². The minimum atomic E-state index is 0.548. The highest BCUT2D eigenvalue weighted by molar-refractivity contribution is 5.39. The summed E-state index contributed by atoms with van der Waals surface area (Å²) in [4.78, 5) is 4.52. The largest absolute Gasteiger partial charge is 0.493 e. The molecule has 0 aliphatic carbocycles. The minimum Gasteiger partial charge on any atom is -0.493 e. The lowest BCUT2D eigenvalue weighted by Crippen LogP contribution is -2.26. The lowest BCUT2D eigenvalue weighted by atomic mass is 9.99. The van der Waals surface area contributed by atoms with E-state index >= 15 is 0 Å². The summed E-state index contributed by atoms with van der Waals surface area (Å²) in [6.07, 6.45) is 7.56. The molecule has 3 heterocycles. The molecule has 4 nitrogen and oxygen atoms in total. The Labute approximate surface area is 125 Å². The number of rotatable bonds is 4. The molecule has 0 saturated heterocycles. The lowest BCUT2D eigenvalue weighted by molar-refractivity contribution is 0.357. The quantitative estimate of drug-likeness (QED) is 0.937. The number of aryl methyl sites for hydroxylation is 1. The zero-order valence-corrected chi connectivity index (χ0v) is 12.2. The van der Waals surface area contributed by atoms with Crippen LogP contribution < -0.4 is 10.1 Å². The van der Waals surface area contributed by atoms with E-state index in [1.54, 1.807) is 0 Å². The van der Waals surface area contributed by atoms with Gasteiger partial charge in [0.25, 0.3) is 0 Å². The summed E-state index contributed by atoms with van der Waals surface area (Å²) < 4.78 is 7.85. The Balaban J connectivity index is 1.36. The van der Waals surface area contributed by atoms with Gasteiger partial charge in [-0.1, -0.05) is 12.1 Å². The normalized spacial score (nSPS) is 19.9. The zero-order valence-electron chi connectivity index (χ0n) is 12.2. The molecule has 4 heteroatoms. The van der Waals surface area contributed by atoms with Gasteiger partial charge in [0.05, 0.1) is 6.61 Å². The number of imidazole rings is 1. The molecule has 0 saturated carbocycles. The van der Waals surface area contributed by atoms with Gasteiger partial charge in [0.2, 0.25) is 0 Å². The van der Waals surface area contributed by atoms with Gasteiger partial charge in [-0.25, -0.2) is 4.98 Å². The van der Waals surface area contributed by atoms with Crippen LogP contribution in [-0.4, -0.2) is 22.7 Å². The van der Waals surface area contributed by atoms with Crippen LogP contribution in [0.25, 0.3) is 0 Å². The predicted molar refractivity (Wildman–Crippen MR) is 81.5 cm³/mol. The van der Waals surface area contributed by atoms with Crippen molar-refractivity contribution in [2.24, 2.45) is 0 Å². The van der Waals surface area contributed by atoms with Crippen molar-refractivity contribution < 1.29 is 4.74 Å². The van der Waals surface area contributed by atoms with Crippen molar-refractivity contribution in [3.63, 3.8) is 0 Å². The summed E-state index contributed by atoms with van der Waals surface area (Å²) in [5, 5.41) is 3.60. The van der Waals surface area contributed by atoms with Crippen LogP contribution in [-0.2, 0) is 19.5 Å². The third-order valence-electron chi connectivity index (χ3n) is 4.54. The van der Waals surface area contributed by atoms with Crippen molar-refractivity contribution in [3.05, 3.63) is 47.5 Å². The smallest absolute Gasteiger partial charge is 0.122 e. The van der Waals surface area contributed by atoms with E-state index < -0.39 is 0 Å². The second kappa shape index (κ2) is 5.53. The average molecular weight is 283 g/mol. The molecule has 1 atom stereocenters. The van der Waals surface area contributed by atoms with Crippen molar-refractivity contribution in [2.75, 3.05) is 13.2 Å². The van der Waals surface area contributed by atoms with Gasteiger partial charge in [-0.05, 0) is 30.0 Å².